The van der Waals surface area contributed by atoms with Crippen molar-refractivity contribution in [2.45, 2.75) is 44.3 Å². The van der Waals surface area contributed by atoms with E-state index in [1.165, 1.54) is 57.4 Å². The van der Waals surface area contributed by atoms with Crippen LogP contribution in [0.5, 0.6) is 0 Å². The van der Waals surface area contributed by atoms with Crippen LogP contribution in [0.3, 0.4) is 0 Å². The van der Waals surface area contributed by atoms with Gasteiger partial charge in [-0.3, -0.25) is 9.80 Å². The average molecular weight is 287 g/mol. The van der Waals surface area contributed by atoms with Gasteiger partial charge in [-0.2, -0.15) is 0 Å². The third kappa shape index (κ3) is 4.06. The second-order valence-electron chi connectivity index (χ2n) is 6.60. The van der Waals surface area contributed by atoms with Gasteiger partial charge in [-0.1, -0.05) is 36.8 Å². The minimum atomic E-state index is 0.742. The minimum absolute atomic E-state index is 0.742. The summed E-state index contributed by atoms with van der Waals surface area (Å²) in [6.07, 6.45) is 5.49. The first-order chi connectivity index (χ1) is 10.3. The van der Waals surface area contributed by atoms with Gasteiger partial charge in [-0.05, 0) is 31.9 Å². The van der Waals surface area contributed by atoms with E-state index in [1.807, 2.05) is 0 Å². The maximum Gasteiger partial charge on any atom is 0.0234 e. The van der Waals surface area contributed by atoms with Gasteiger partial charge in [0.25, 0.3) is 0 Å². The van der Waals surface area contributed by atoms with Crippen molar-refractivity contribution in [2.24, 2.45) is 0 Å². The highest BCUT2D eigenvalue weighted by molar-refractivity contribution is 5.14. The zero-order valence-corrected chi connectivity index (χ0v) is 13.3. The van der Waals surface area contributed by atoms with Crippen LogP contribution in [0, 0.1) is 0 Å². The summed E-state index contributed by atoms with van der Waals surface area (Å²) >= 11 is 0. The zero-order valence-electron chi connectivity index (χ0n) is 13.3. The van der Waals surface area contributed by atoms with Crippen molar-refractivity contribution in [1.82, 2.24) is 15.1 Å². The molecule has 0 aromatic heterocycles. The van der Waals surface area contributed by atoms with Crippen molar-refractivity contribution in [1.29, 1.82) is 0 Å². The van der Waals surface area contributed by atoms with Gasteiger partial charge >= 0.3 is 0 Å². The maximum absolute atomic E-state index is 3.48. The Morgan fingerprint density at radius 1 is 1.05 bits per heavy atom. The average Bonchev–Trinajstić information content (AvgIpc) is 2.56. The number of hydrogen-bond donors (Lipinski definition) is 1. The van der Waals surface area contributed by atoms with Crippen molar-refractivity contribution in [2.75, 3.05) is 33.2 Å². The molecular formula is C18H29N3. The number of piperazine rings is 1. The molecule has 2 atom stereocenters. The lowest BCUT2D eigenvalue weighted by atomic mass is 9.89. The van der Waals surface area contributed by atoms with Gasteiger partial charge in [-0.25, -0.2) is 0 Å². The summed E-state index contributed by atoms with van der Waals surface area (Å²) in [5.41, 5.74) is 1.44. The molecule has 3 rings (SSSR count). The summed E-state index contributed by atoms with van der Waals surface area (Å²) < 4.78 is 0. The van der Waals surface area contributed by atoms with Gasteiger partial charge in [0.05, 0.1) is 0 Å². The van der Waals surface area contributed by atoms with Gasteiger partial charge < -0.3 is 5.32 Å². The van der Waals surface area contributed by atoms with Crippen LogP contribution in [0.15, 0.2) is 30.3 Å². The smallest absolute Gasteiger partial charge is 0.0234 e. The van der Waals surface area contributed by atoms with E-state index < -0.39 is 0 Å². The van der Waals surface area contributed by atoms with Crippen LogP contribution in [0.4, 0.5) is 0 Å². The fourth-order valence-electron chi connectivity index (χ4n) is 3.89. The van der Waals surface area contributed by atoms with Crippen molar-refractivity contribution in [3.63, 3.8) is 0 Å². The SMILES string of the molecule is CN[C@@H]1CCC[C@@H](N2CCN(Cc3ccccc3)CC2)C1. The lowest BCUT2D eigenvalue weighted by Gasteiger charge is -2.42. The number of nitrogens with one attached hydrogen (secondary N) is 1. The molecule has 21 heavy (non-hydrogen) atoms. The normalized spacial score (nSPS) is 28.6. The molecule has 0 unspecified atom stereocenters. The Kier molecular flexibility index (Phi) is 5.28. The fourth-order valence-corrected chi connectivity index (χ4v) is 3.89. The summed E-state index contributed by atoms with van der Waals surface area (Å²) in [5, 5.41) is 3.48. The quantitative estimate of drug-likeness (QED) is 0.917. The van der Waals surface area contributed by atoms with Crippen LogP contribution in [0.25, 0.3) is 0 Å². The molecule has 1 saturated carbocycles. The third-order valence-electron chi connectivity index (χ3n) is 5.23. The number of benzene rings is 1. The van der Waals surface area contributed by atoms with Crippen molar-refractivity contribution < 1.29 is 0 Å². The van der Waals surface area contributed by atoms with Crippen LogP contribution in [-0.2, 0) is 6.54 Å². The number of rotatable bonds is 4. The van der Waals surface area contributed by atoms with Crippen molar-refractivity contribution >= 4 is 0 Å². The summed E-state index contributed by atoms with van der Waals surface area (Å²) in [7, 11) is 2.12. The lowest BCUT2D eigenvalue weighted by Crippen LogP contribution is -2.52. The van der Waals surface area contributed by atoms with E-state index in [1.54, 1.807) is 0 Å². The lowest BCUT2D eigenvalue weighted by molar-refractivity contribution is 0.0693. The Morgan fingerprint density at radius 2 is 1.81 bits per heavy atom. The molecule has 1 aliphatic heterocycles. The Labute approximate surface area is 129 Å². The largest absolute Gasteiger partial charge is 0.317 e. The van der Waals surface area contributed by atoms with E-state index in [0.29, 0.717) is 0 Å². The van der Waals surface area contributed by atoms with Crippen LogP contribution in [0.2, 0.25) is 0 Å². The minimum Gasteiger partial charge on any atom is -0.317 e. The number of nitrogens with zero attached hydrogens (tertiary/aromatic N) is 2. The van der Waals surface area contributed by atoms with Gasteiger partial charge in [0.2, 0.25) is 0 Å². The van der Waals surface area contributed by atoms with E-state index >= 15 is 0 Å². The molecule has 1 N–H and O–H groups in total. The molecular weight excluding hydrogens is 258 g/mol. The topological polar surface area (TPSA) is 18.5 Å². The second-order valence-corrected chi connectivity index (χ2v) is 6.60. The molecule has 116 valence electrons. The van der Waals surface area contributed by atoms with Crippen LogP contribution >= 0.6 is 0 Å². The van der Waals surface area contributed by atoms with Gasteiger partial charge in [0.1, 0.15) is 0 Å². The molecule has 2 aliphatic rings. The van der Waals surface area contributed by atoms with Crippen LogP contribution < -0.4 is 5.32 Å². The molecule has 3 heteroatoms. The van der Waals surface area contributed by atoms with Crippen molar-refractivity contribution in [3.8, 4) is 0 Å². The predicted molar refractivity (Wildman–Crippen MR) is 88.4 cm³/mol. The summed E-state index contributed by atoms with van der Waals surface area (Å²) in [6.45, 7) is 6.03. The molecule has 2 fully saturated rings. The molecule has 0 amide bonds. The molecule has 0 spiro atoms. The highest BCUT2D eigenvalue weighted by atomic mass is 15.3. The first-order valence-electron chi connectivity index (χ1n) is 8.53. The Bertz CT molecular complexity index is 412. The zero-order chi connectivity index (χ0) is 14.5. The van der Waals surface area contributed by atoms with Gasteiger partial charge in [0.15, 0.2) is 0 Å². The molecule has 1 aromatic rings. The van der Waals surface area contributed by atoms with Crippen LogP contribution in [-0.4, -0.2) is 55.1 Å². The first kappa shape index (κ1) is 15.0. The molecule has 0 radical (unpaired) electrons. The van der Waals surface area contributed by atoms with E-state index in [-0.39, 0.29) is 0 Å². The highest BCUT2D eigenvalue weighted by Crippen LogP contribution is 2.24. The van der Waals surface area contributed by atoms with Gasteiger partial charge in [-0.15, -0.1) is 0 Å². The van der Waals surface area contributed by atoms with E-state index in [4.69, 9.17) is 0 Å². The molecule has 1 saturated heterocycles. The van der Waals surface area contributed by atoms with E-state index in [0.717, 1.165) is 18.6 Å². The standard InChI is InChI=1S/C18H29N3/c1-19-17-8-5-9-18(14-17)21-12-10-20(11-13-21)15-16-6-3-2-4-7-16/h2-4,6-7,17-19H,5,8-15H2,1H3/t17-,18-/m1/s1. The third-order valence-corrected chi connectivity index (χ3v) is 5.23. The molecule has 1 aromatic carbocycles. The first-order valence-corrected chi connectivity index (χ1v) is 8.53. The summed E-state index contributed by atoms with van der Waals surface area (Å²) in [4.78, 5) is 5.34. The fraction of sp³-hybridized carbons (Fsp3) is 0.667. The van der Waals surface area contributed by atoms with E-state index in [2.05, 4.69) is 52.5 Å². The molecule has 1 heterocycles. The Balaban J connectivity index is 1.46. The maximum atomic E-state index is 3.48. The molecule has 1 aliphatic carbocycles. The highest BCUT2D eigenvalue weighted by Gasteiger charge is 2.28. The van der Waals surface area contributed by atoms with Gasteiger partial charge in [0, 0.05) is 44.8 Å². The summed E-state index contributed by atoms with van der Waals surface area (Å²) in [6, 6.07) is 12.4. The van der Waals surface area contributed by atoms with E-state index in [9.17, 15) is 0 Å². The monoisotopic (exact) mass is 287 g/mol. The Hall–Kier alpha value is -0.900. The molecule has 0 bridgehead atoms. The summed E-state index contributed by atoms with van der Waals surface area (Å²) in [5.74, 6) is 0. The molecule has 3 nitrogen and oxygen atoms in total. The Morgan fingerprint density at radius 3 is 2.52 bits per heavy atom. The second kappa shape index (κ2) is 7.39. The number of hydrogen-bond acceptors (Lipinski definition) is 3. The predicted octanol–water partition coefficient (Wildman–Crippen LogP) is 2.33. The van der Waals surface area contributed by atoms with Crippen LogP contribution in [0.1, 0.15) is 31.2 Å². The van der Waals surface area contributed by atoms with Crippen molar-refractivity contribution in [3.05, 3.63) is 35.9 Å².